The SMILES string of the molecule is Ic1cccc(-c2cc3c4c(c2)Oc2ccccc2N4c2ccccc2O3)c1. The number of hydrogen-bond donors (Lipinski definition) is 0. The van der Waals surface area contributed by atoms with E-state index < -0.39 is 0 Å². The summed E-state index contributed by atoms with van der Waals surface area (Å²) in [5, 5.41) is 0. The van der Waals surface area contributed by atoms with Crippen LogP contribution >= 0.6 is 22.6 Å². The topological polar surface area (TPSA) is 21.7 Å². The van der Waals surface area contributed by atoms with Crippen LogP contribution in [0.15, 0.2) is 84.9 Å². The molecule has 4 aromatic rings. The summed E-state index contributed by atoms with van der Waals surface area (Å²) in [6.45, 7) is 0. The minimum atomic E-state index is 0.805. The third kappa shape index (κ3) is 2.34. The van der Waals surface area contributed by atoms with E-state index in [1.165, 1.54) is 3.57 Å². The molecule has 0 bridgehead atoms. The molecule has 4 heteroatoms. The van der Waals surface area contributed by atoms with Gasteiger partial charge in [0.15, 0.2) is 23.0 Å². The Balaban J connectivity index is 1.63. The maximum absolute atomic E-state index is 6.31. The smallest absolute Gasteiger partial charge is 0.156 e. The number of fused-ring (bicyclic) bond motifs is 4. The normalized spacial score (nSPS) is 13.0. The van der Waals surface area contributed by atoms with Gasteiger partial charge in [-0.1, -0.05) is 36.4 Å². The number of nitrogens with zero attached hydrogens (tertiary/aromatic N) is 1. The summed E-state index contributed by atoms with van der Waals surface area (Å²) in [5.74, 6) is 3.30. The van der Waals surface area contributed by atoms with Crippen LogP contribution in [0.5, 0.6) is 23.0 Å². The molecule has 2 aliphatic rings. The minimum absolute atomic E-state index is 0.805. The van der Waals surface area contributed by atoms with Crippen LogP contribution in [0.3, 0.4) is 0 Å². The largest absolute Gasteiger partial charge is 0.453 e. The molecular formula is C24H14INO2. The zero-order valence-electron chi connectivity index (χ0n) is 14.7. The number of rotatable bonds is 1. The molecule has 2 aliphatic heterocycles. The first kappa shape index (κ1) is 16.0. The Morgan fingerprint density at radius 1 is 0.571 bits per heavy atom. The van der Waals surface area contributed by atoms with E-state index in [4.69, 9.17) is 9.47 Å². The van der Waals surface area contributed by atoms with Gasteiger partial charge in [0.25, 0.3) is 0 Å². The lowest BCUT2D eigenvalue weighted by atomic mass is 10.0. The van der Waals surface area contributed by atoms with Crippen molar-refractivity contribution >= 4 is 39.7 Å². The first-order valence-electron chi connectivity index (χ1n) is 9.06. The van der Waals surface area contributed by atoms with Gasteiger partial charge in [0, 0.05) is 3.57 Å². The van der Waals surface area contributed by atoms with E-state index in [9.17, 15) is 0 Å². The van der Waals surface area contributed by atoms with Crippen LogP contribution in [0.25, 0.3) is 11.1 Å². The monoisotopic (exact) mass is 475 g/mol. The molecular weight excluding hydrogens is 461 g/mol. The fraction of sp³-hybridized carbons (Fsp3) is 0. The number of ether oxygens (including phenoxy) is 2. The predicted octanol–water partition coefficient (Wildman–Crippen LogP) is 7.64. The summed E-state index contributed by atoms with van der Waals surface area (Å²) in [6, 6.07) is 28.9. The highest BCUT2D eigenvalue weighted by Gasteiger charge is 2.34. The third-order valence-electron chi connectivity index (χ3n) is 5.07. The van der Waals surface area contributed by atoms with E-state index in [1.807, 2.05) is 36.4 Å². The molecule has 6 rings (SSSR count). The summed E-state index contributed by atoms with van der Waals surface area (Å²) in [5.41, 5.74) is 5.21. The fourth-order valence-electron chi connectivity index (χ4n) is 3.86. The van der Waals surface area contributed by atoms with Crippen molar-refractivity contribution in [3.63, 3.8) is 0 Å². The Hall–Kier alpha value is -2.99. The van der Waals surface area contributed by atoms with Gasteiger partial charge in [-0.2, -0.15) is 0 Å². The van der Waals surface area contributed by atoms with Gasteiger partial charge in [-0.25, -0.2) is 0 Å². The van der Waals surface area contributed by atoms with E-state index in [0.717, 1.165) is 51.2 Å². The third-order valence-corrected chi connectivity index (χ3v) is 5.74. The van der Waals surface area contributed by atoms with Gasteiger partial charge >= 0.3 is 0 Å². The van der Waals surface area contributed by atoms with Crippen LogP contribution < -0.4 is 14.4 Å². The molecule has 0 radical (unpaired) electrons. The molecule has 0 fully saturated rings. The Bertz CT molecular complexity index is 1180. The first-order chi connectivity index (χ1) is 13.8. The van der Waals surface area contributed by atoms with Crippen molar-refractivity contribution in [2.75, 3.05) is 4.90 Å². The van der Waals surface area contributed by atoms with E-state index >= 15 is 0 Å². The number of halogens is 1. The van der Waals surface area contributed by atoms with Crippen LogP contribution in [0.4, 0.5) is 17.1 Å². The van der Waals surface area contributed by atoms with Crippen molar-refractivity contribution in [1.29, 1.82) is 0 Å². The van der Waals surface area contributed by atoms with Crippen molar-refractivity contribution < 1.29 is 9.47 Å². The zero-order valence-corrected chi connectivity index (χ0v) is 16.9. The Kier molecular flexibility index (Phi) is 3.43. The molecule has 2 heterocycles. The number of hydrogen-bond acceptors (Lipinski definition) is 3. The quantitative estimate of drug-likeness (QED) is 0.228. The Morgan fingerprint density at radius 2 is 1.18 bits per heavy atom. The van der Waals surface area contributed by atoms with Crippen molar-refractivity contribution in [3.8, 4) is 34.1 Å². The minimum Gasteiger partial charge on any atom is -0.453 e. The molecule has 28 heavy (non-hydrogen) atoms. The second-order valence-corrected chi connectivity index (χ2v) is 8.05. The number of benzene rings is 4. The summed E-state index contributed by atoms with van der Waals surface area (Å²) in [7, 11) is 0. The van der Waals surface area contributed by atoms with Crippen molar-refractivity contribution in [2.45, 2.75) is 0 Å². The van der Waals surface area contributed by atoms with Crippen molar-refractivity contribution in [2.24, 2.45) is 0 Å². The summed E-state index contributed by atoms with van der Waals surface area (Å²) >= 11 is 2.34. The van der Waals surface area contributed by atoms with Crippen LogP contribution in [-0.2, 0) is 0 Å². The lowest BCUT2D eigenvalue weighted by Gasteiger charge is -2.38. The van der Waals surface area contributed by atoms with Crippen LogP contribution in [-0.4, -0.2) is 0 Å². The molecule has 0 saturated heterocycles. The lowest BCUT2D eigenvalue weighted by Crippen LogP contribution is -2.20. The Morgan fingerprint density at radius 3 is 1.79 bits per heavy atom. The fourth-order valence-corrected chi connectivity index (χ4v) is 4.40. The number of anilines is 3. The van der Waals surface area contributed by atoms with Crippen LogP contribution in [0.2, 0.25) is 0 Å². The average molecular weight is 475 g/mol. The van der Waals surface area contributed by atoms with Gasteiger partial charge in [-0.05, 0) is 82.2 Å². The predicted molar refractivity (Wildman–Crippen MR) is 119 cm³/mol. The molecule has 134 valence electrons. The van der Waals surface area contributed by atoms with Crippen molar-refractivity contribution in [1.82, 2.24) is 0 Å². The highest BCUT2D eigenvalue weighted by Crippen LogP contribution is 2.60. The zero-order chi connectivity index (χ0) is 18.7. The van der Waals surface area contributed by atoms with E-state index in [0.29, 0.717) is 0 Å². The second kappa shape index (κ2) is 6.01. The molecule has 0 saturated carbocycles. The van der Waals surface area contributed by atoms with Gasteiger partial charge in [0.2, 0.25) is 0 Å². The van der Waals surface area contributed by atoms with Crippen molar-refractivity contribution in [3.05, 3.63) is 88.5 Å². The van der Waals surface area contributed by atoms with Gasteiger partial charge in [0.05, 0.1) is 11.4 Å². The van der Waals surface area contributed by atoms with Gasteiger partial charge in [-0.15, -0.1) is 0 Å². The maximum atomic E-state index is 6.31. The molecule has 4 aromatic carbocycles. The molecule has 0 aromatic heterocycles. The molecule has 0 amide bonds. The van der Waals surface area contributed by atoms with Crippen LogP contribution in [0, 0.1) is 3.57 Å². The Labute approximate surface area is 176 Å². The highest BCUT2D eigenvalue weighted by atomic mass is 127. The van der Waals surface area contributed by atoms with Crippen LogP contribution in [0.1, 0.15) is 0 Å². The van der Waals surface area contributed by atoms with E-state index in [1.54, 1.807) is 0 Å². The molecule has 0 N–H and O–H groups in total. The van der Waals surface area contributed by atoms with Gasteiger partial charge in [0.1, 0.15) is 5.69 Å². The number of para-hydroxylation sites is 4. The molecule has 0 spiro atoms. The first-order valence-corrected chi connectivity index (χ1v) is 10.1. The summed E-state index contributed by atoms with van der Waals surface area (Å²) in [4.78, 5) is 2.24. The van der Waals surface area contributed by atoms with Gasteiger partial charge < -0.3 is 9.47 Å². The molecule has 3 nitrogen and oxygen atoms in total. The lowest BCUT2D eigenvalue weighted by molar-refractivity contribution is 0.446. The second-order valence-electron chi connectivity index (χ2n) is 6.81. The average Bonchev–Trinajstić information content (AvgIpc) is 2.73. The van der Waals surface area contributed by atoms with E-state index in [2.05, 4.69) is 76.0 Å². The highest BCUT2D eigenvalue weighted by molar-refractivity contribution is 14.1. The summed E-state index contributed by atoms with van der Waals surface area (Å²) in [6.07, 6.45) is 0. The summed E-state index contributed by atoms with van der Waals surface area (Å²) < 4.78 is 13.8. The molecule has 0 unspecified atom stereocenters. The molecule has 0 atom stereocenters. The van der Waals surface area contributed by atoms with Gasteiger partial charge in [-0.3, -0.25) is 4.90 Å². The van der Waals surface area contributed by atoms with E-state index in [-0.39, 0.29) is 0 Å². The maximum Gasteiger partial charge on any atom is 0.156 e. The standard InChI is InChI=1S/C24H14INO2/c25-17-7-5-6-15(12-17)16-13-22-24-23(14-16)28-21-11-4-2-9-19(21)26(24)18-8-1-3-10-20(18)27-22/h1-14H. The molecule has 0 aliphatic carbocycles.